The number of hydrogen-bond acceptors (Lipinski definition) is 4. The van der Waals surface area contributed by atoms with Crippen molar-refractivity contribution < 1.29 is 8.42 Å². The lowest BCUT2D eigenvalue weighted by atomic mass is 10.1. The molecule has 1 atom stereocenters. The zero-order valence-electron chi connectivity index (χ0n) is 10.7. The lowest BCUT2D eigenvalue weighted by Gasteiger charge is -2.13. The van der Waals surface area contributed by atoms with E-state index in [9.17, 15) is 8.42 Å². The van der Waals surface area contributed by atoms with E-state index in [2.05, 4.69) is 4.72 Å². The molecule has 0 radical (unpaired) electrons. The predicted molar refractivity (Wildman–Crippen MR) is 85.0 cm³/mol. The van der Waals surface area contributed by atoms with Gasteiger partial charge in [0.25, 0.3) is 0 Å². The number of nitrogens with two attached hydrogens (primary N) is 1. The highest BCUT2D eigenvalue weighted by molar-refractivity contribution is 7.99. The molecular formula is C12H16Cl2N2O2S2. The van der Waals surface area contributed by atoms with Crippen molar-refractivity contribution in [3.8, 4) is 0 Å². The number of benzene rings is 1. The van der Waals surface area contributed by atoms with Crippen LogP contribution >= 0.6 is 35.0 Å². The smallest absolute Gasteiger partial charge is 0.242 e. The average Bonchev–Trinajstić information content (AvgIpc) is 2.92. The van der Waals surface area contributed by atoms with Crippen molar-refractivity contribution in [3.63, 3.8) is 0 Å². The second kappa shape index (κ2) is 6.85. The Morgan fingerprint density at radius 3 is 2.75 bits per heavy atom. The molecule has 0 saturated carbocycles. The van der Waals surface area contributed by atoms with E-state index in [0.717, 1.165) is 17.9 Å². The normalized spacial score (nSPS) is 19.4. The largest absolute Gasteiger partial charge is 0.326 e. The molecule has 1 aliphatic rings. The Hall–Kier alpha value is 0.0200. The van der Waals surface area contributed by atoms with Crippen LogP contribution in [0.4, 0.5) is 0 Å². The number of sulfonamides is 1. The van der Waals surface area contributed by atoms with Crippen molar-refractivity contribution in [2.24, 2.45) is 11.7 Å². The molecule has 1 aromatic rings. The Morgan fingerprint density at radius 1 is 1.40 bits per heavy atom. The summed E-state index contributed by atoms with van der Waals surface area (Å²) in [6.45, 7) is 0.567. The number of thioether (sulfide) groups is 1. The molecule has 1 aliphatic heterocycles. The fourth-order valence-corrected chi connectivity index (χ4v) is 5.35. The summed E-state index contributed by atoms with van der Waals surface area (Å²) in [5.74, 6) is 2.45. The van der Waals surface area contributed by atoms with Crippen molar-refractivity contribution in [1.82, 2.24) is 4.72 Å². The van der Waals surface area contributed by atoms with E-state index < -0.39 is 10.0 Å². The van der Waals surface area contributed by atoms with Gasteiger partial charge in [-0.15, -0.1) is 0 Å². The van der Waals surface area contributed by atoms with E-state index >= 15 is 0 Å². The highest BCUT2D eigenvalue weighted by Crippen LogP contribution is 2.29. The van der Waals surface area contributed by atoms with Crippen molar-refractivity contribution in [2.45, 2.75) is 17.9 Å². The standard InChI is InChI=1S/C12H16Cl2N2O2S2/c13-10-3-9(5-15)12(14)11(4-10)20(17,18)16-6-8-1-2-19-7-8/h3-4,8,16H,1-2,5-7,15H2. The molecule has 0 amide bonds. The first-order chi connectivity index (χ1) is 9.44. The SMILES string of the molecule is NCc1cc(Cl)cc(S(=O)(=O)NCC2CCSC2)c1Cl. The second-order valence-electron chi connectivity index (χ2n) is 4.66. The van der Waals surface area contributed by atoms with Gasteiger partial charge in [0.2, 0.25) is 10.0 Å². The highest BCUT2D eigenvalue weighted by Gasteiger charge is 2.23. The summed E-state index contributed by atoms with van der Waals surface area (Å²) in [5, 5.41) is 0.455. The van der Waals surface area contributed by atoms with Gasteiger partial charge in [0.15, 0.2) is 0 Å². The van der Waals surface area contributed by atoms with Crippen LogP contribution in [0, 0.1) is 5.92 Å². The maximum atomic E-state index is 12.3. The molecule has 1 unspecified atom stereocenters. The molecule has 1 fully saturated rings. The fourth-order valence-electron chi connectivity index (χ4n) is 2.01. The number of hydrogen-bond donors (Lipinski definition) is 2. The van der Waals surface area contributed by atoms with Crippen molar-refractivity contribution in [2.75, 3.05) is 18.1 Å². The van der Waals surface area contributed by atoms with Gasteiger partial charge in [-0.1, -0.05) is 23.2 Å². The average molecular weight is 355 g/mol. The van der Waals surface area contributed by atoms with Crippen LogP contribution in [0.1, 0.15) is 12.0 Å². The van der Waals surface area contributed by atoms with Crippen LogP contribution in [-0.2, 0) is 16.6 Å². The third-order valence-electron chi connectivity index (χ3n) is 3.17. The number of halogens is 2. The van der Waals surface area contributed by atoms with Gasteiger partial charge < -0.3 is 5.73 Å². The van der Waals surface area contributed by atoms with Crippen LogP contribution in [-0.4, -0.2) is 26.5 Å². The van der Waals surface area contributed by atoms with Gasteiger partial charge in [-0.05, 0) is 41.5 Å². The lowest BCUT2D eigenvalue weighted by molar-refractivity contribution is 0.546. The molecule has 1 aromatic carbocycles. The quantitative estimate of drug-likeness (QED) is 0.851. The molecule has 1 saturated heterocycles. The molecular weight excluding hydrogens is 339 g/mol. The van der Waals surface area contributed by atoms with Crippen LogP contribution in [0.15, 0.2) is 17.0 Å². The van der Waals surface area contributed by atoms with Gasteiger partial charge in [0, 0.05) is 18.1 Å². The van der Waals surface area contributed by atoms with E-state index in [0.29, 0.717) is 23.0 Å². The minimum atomic E-state index is -3.66. The lowest BCUT2D eigenvalue weighted by Crippen LogP contribution is -2.29. The summed E-state index contributed by atoms with van der Waals surface area (Å²) in [7, 11) is -3.66. The maximum Gasteiger partial charge on any atom is 0.242 e. The first-order valence-corrected chi connectivity index (χ1v) is 9.59. The molecule has 0 aromatic heterocycles. The summed E-state index contributed by atoms with van der Waals surface area (Å²) >= 11 is 13.9. The van der Waals surface area contributed by atoms with E-state index in [-0.39, 0.29) is 16.5 Å². The predicted octanol–water partition coefficient (Wildman–Crippen LogP) is 2.48. The summed E-state index contributed by atoms with van der Waals surface area (Å²) in [4.78, 5) is -0.00207. The van der Waals surface area contributed by atoms with Gasteiger partial charge in [-0.2, -0.15) is 11.8 Å². The molecule has 4 nitrogen and oxygen atoms in total. The summed E-state index contributed by atoms with van der Waals surface area (Å²) in [5.41, 5.74) is 6.07. The van der Waals surface area contributed by atoms with Crippen LogP contribution in [0.2, 0.25) is 10.0 Å². The topological polar surface area (TPSA) is 72.2 Å². The van der Waals surface area contributed by atoms with E-state index in [4.69, 9.17) is 28.9 Å². The van der Waals surface area contributed by atoms with Crippen LogP contribution < -0.4 is 10.5 Å². The Bertz CT molecular complexity index is 587. The Kier molecular flexibility index (Phi) is 5.62. The highest BCUT2D eigenvalue weighted by atomic mass is 35.5. The third kappa shape index (κ3) is 3.81. The van der Waals surface area contributed by atoms with E-state index in [1.54, 1.807) is 6.07 Å². The van der Waals surface area contributed by atoms with E-state index in [1.807, 2.05) is 11.8 Å². The second-order valence-corrected chi connectivity index (χ2v) is 8.36. The molecule has 0 spiro atoms. The van der Waals surface area contributed by atoms with Gasteiger partial charge in [-0.25, -0.2) is 13.1 Å². The first-order valence-electron chi connectivity index (χ1n) is 6.19. The Labute approximate surface area is 133 Å². The molecule has 8 heteroatoms. The Balaban J connectivity index is 2.22. The summed E-state index contributed by atoms with van der Waals surface area (Å²) < 4.78 is 27.3. The van der Waals surface area contributed by atoms with Gasteiger partial charge >= 0.3 is 0 Å². The Morgan fingerprint density at radius 2 is 2.15 bits per heavy atom. The minimum Gasteiger partial charge on any atom is -0.326 e. The molecule has 0 aliphatic carbocycles. The minimum absolute atomic E-state index is 0.00207. The van der Waals surface area contributed by atoms with Crippen LogP contribution in [0.3, 0.4) is 0 Å². The first kappa shape index (κ1) is 16.4. The maximum absolute atomic E-state index is 12.3. The van der Waals surface area contributed by atoms with Gasteiger partial charge in [-0.3, -0.25) is 0 Å². The molecule has 20 heavy (non-hydrogen) atoms. The van der Waals surface area contributed by atoms with Crippen LogP contribution in [0.25, 0.3) is 0 Å². The third-order valence-corrected chi connectivity index (χ3v) is 6.63. The van der Waals surface area contributed by atoms with Crippen molar-refractivity contribution >= 4 is 45.0 Å². The van der Waals surface area contributed by atoms with Crippen molar-refractivity contribution in [1.29, 1.82) is 0 Å². The van der Waals surface area contributed by atoms with Crippen LogP contribution in [0.5, 0.6) is 0 Å². The number of nitrogens with one attached hydrogen (secondary N) is 1. The zero-order chi connectivity index (χ0) is 14.8. The van der Waals surface area contributed by atoms with Gasteiger partial charge in [0.05, 0.1) is 5.02 Å². The monoisotopic (exact) mass is 354 g/mol. The molecule has 1 heterocycles. The molecule has 112 valence electrons. The van der Waals surface area contributed by atoms with E-state index in [1.165, 1.54) is 6.07 Å². The fraction of sp³-hybridized carbons (Fsp3) is 0.500. The number of rotatable bonds is 5. The summed E-state index contributed by atoms with van der Waals surface area (Å²) in [6, 6.07) is 2.94. The van der Waals surface area contributed by atoms with Crippen molar-refractivity contribution in [3.05, 3.63) is 27.7 Å². The zero-order valence-corrected chi connectivity index (χ0v) is 13.9. The molecule has 3 N–H and O–H groups in total. The molecule has 0 bridgehead atoms. The van der Waals surface area contributed by atoms with Gasteiger partial charge in [0.1, 0.15) is 4.90 Å². The summed E-state index contributed by atoms with van der Waals surface area (Å²) in [6.07, 6.45) is 1.03. The molecule has 2 rings (SSSR count).